The highest BCUT2D eigenvalue weighted by Crippen LogP contribution is 2.41. The number of oxazole rings is 1. The van der Waals surface area contributed by atoms with Gasteiger partial charge < -0.3 is 13.4 Å². The Hall–Kier alpha value is -7.90. The van der Waals surface area contributed by atoms with Crippen molar-refractivity contribution < 1.29 is 8.83 Å². The zero-order valence-corrected chi connectivity index (χ0v) is 30.3. The molecule has 8 aromatic carbocycles. The summed E-state index contributed by atoms with van der Waals surface area (Å²) >= 11 is 0. The maximum Gasteiger partial charge on any atom is 0.227 e. The highest BCUT2D eigenvalue weighted by atomic mass is 16.4. The molecule has 4 heterocycles. The fourth-order valence-electron chi connectivity index (χ4n) is 8.22. The topological polar surface area (TPSA) is 82.8 Å². The third kappa shape index (κ3) is 4.99. The van der Waals surface area contributed by atoms with Gasteiger partial charge in [-0.15, -0.1) is 0 Å². The van der Waals surface area contributed by atoms with E-state index >= 15 is 0 Å². The molecular formula is C50H29N5O2. The van der Waals surface area contributed by atoms with Crippen LogP contribution in [0.25, 0.3) is 117 Å². The van der Waals surface area contributed by atoms with E-state index in [0.29, 0.717) is 28.9 Å². The number of para-hydroxylation sites is 2. The Morgan fingerprint density at radius 2 is 0.895 bits per heavy atom. The summed E-state index contributed by atoms with van der Waals surface area (Å²) in [5.74, 6) is 2.35. The Morgan fingerprint density at radius 3 is 1.60 bits per heavy atom. The third-order valence-electron chi connectivity index (χ3n) is 10.9. The van der Waals surface area contributed by atoms with Crippen molar-refractivity contribution in [2.75, 3.05) is 0 Å². The van der Waals surface area contributed by atoms with E-state index < -0.39 is 0 Å². The SMILES string of the molecule is c1ccc(-c2nc(-c3ccc(-n4c5ccccc5c5ccccc54)cc3)nc(-c3ccc4ccc5oc6ccc7oc(-c8ccccc8)nc7c6c5c4c3)n2)cc1. The van der Waals surface area contributed by atoms with Gasteiger partial charge in [0.2, 0.25) is 5.89 Å². The summed E-state index contributed by atoms with van der Waals surface area (Å²) < 4.78 is 15.0. The molecule has 0 radical (unpaired) electrons. The molecule has 0 atom stereocenters. The van der Waals surface area contributed by atoms with Crippen LogP contribution >= 0.6 is 0 Å². The number of aromatic nitrogens is 5. The largest absolute Gasteiger partial charge is 0.456 e. The van der Waals surface area contributed by atoms with Crippen LogP contribution in [0.15, 0.2) is 185 Å². The average molecular weight is 732 g/mol. The van der Waals surface area contributed by atoms with E-state index in [9.17, 15) is 0 Å². The Morgan fingerprint density at radius 1 is 0.368 bits per heavy atom. The van der Waals surface area contributed by atoms with Crippen LogP contribution in [0.2, 0.25) is 0 Å². The van der Waals surface area contributed by atoms with Crippen molar-refractivity contribution in [1.29, 1.82) is 0 Å². The summed E-state index contributed by atoms with van der Waals surface area (Å²) in [7, 11) is 0. The highest BCUT2D eigenvalue weighted by Gasteiger charge is 2.20. The lowest BCUT2D eigenvalue weighted by molar-refractivity contribution is 0.619. The Bertz CT molecular complexity index is 3460. The minimum absolute atomic E-state index is 0.572. The second kappa shape index (κ2) is 12.3. The van der Waals surface area contributed by atoms with Gasteiger partial charge in [-0.2, -0.15) is 0 Å². The van der Waals surface area contributed by atoms with Crippen LogP contribution in [0, 0.1) is 0 Å². The van der Waals surface area contributed by atoms with E-state index in [-0.39, 0.29) is 0 Å². The van der Waals surface area contributed by atoms with Crippen molar-refractivity contribution in [2.45, 2.75) is 0 Å². The van der Waals surface area contributed by atoms with Crippen LogP contribution in [-0.4, -0.2) is 24.5 Å². The van der Waals surface area contributed by atoms with Crippen LogP contribution in [0.1, 0.15) is 0 Å². The molecule has 0 aliphatic rings. The van der Waals surface area contributed by atoms with Crippen molar-refractivity contribution >= 4 is 65.6 Å². The zero-order valence-electron chi connectivity index (χ0n) is 30.3. The molecule has 4 aromatic heterocycles. The number of rotatable bonds is 5. The number of hydrogen-bond acceptors (Lipinski definition) is 6. The first kappa shape index (κ1) is 31.5. The van der Waals surface area contributed by atoms with E-state index in [1.54, 1.807) is 0 Å². The minimum Gasteiger partial charge on any atom is -0.456 e. The Kier molecular flexibility index (Phi) is 6.79. The van der Waals surface area contributed by atoms with E-state index in [4.69, 9.17) is 28.8 Å². The fourth-order valence-corrected chi connectivity index (χ4v) is 8.22. The van der Waals surface area contributed by atoms with Gasteiger partial charge in [-0.1, -0.05) is 103 Å². The number of nitrogens with zero attached hydrogens (tertiary/aromatic N) is 5. The molecule has 12 aromatic rings. The van der Waals surface area contributed by atoms with Crippen molar-refractivity contribution in [1.82, 2.24) is 24.5 Å². The Labute approximate surface area is 325 Å². The Balaban J connectivity index is 1.02. The minimum atomic E-state index is 0.572. The summed E-state index contributed by atoms with van der Waals surface area (Å²) in [4.78, 5) is 20.2. The van der Waals surface area contributed by atoms with E-state index in [1.165, 1.54) is 10.8 Å². The normalized spacial score (nSPS) is 11.9. The molecule has 0 N–H and O–H groups in total. The molecule has 0 unspecified atom stereocenters. The van der Waals surface area contributed by atoms with Crippen molar-refractivity contribution in [2.24, 2.45) is 0 Å². The van der Waals surface area contributed by atoms with Crippen LogP contribution < -0.4 is 0 Å². The molecule has 0 saturated carbocycles. The number of furan rings is 1. The molecule has 7 heteroatoms. The van der Waals surface area contributed by atoms with E-state index in [2.05, 4.69) is 102 Å². The first-order valence-electron chi connectivity index (χ1n) is 18.9. The fraction of sp³-hybridized carbons (Fsp3) is 0. The molecule has 0 saturated heterocycles. The van der Waals surface area contributed by atoms with Gasteiger partial charge in [0.05, 0.1) is 16.4 Å². The maximum absolute atomic E-state index is 6.44. The molecule has 0 fully saturated rings. The average Bonchev–Trinajstić information content (AvgIpc) is 3.99. The summed E-state index contributed by atoms with van der Waals surface area (Å²) in [6.07, 6.45) is 0. The van der Waals surface area contributed by atoms with Gasteiger partial charge in [0.25, 0.3) is 0 Å². The van der Waals surface area contributed by atoms with Gasteiger partial charge >= 0.3 is 0 Å². The van der Waals surface area contributed by atoms with Gasteiger partial charge in [0, 0.05) is 44.1 Å². The number of fused-ring (bicyclic) bond motifs is 10. The maximum atomic E-state index is 6.44. The molecule has 7 nitrogen and oxygen atoms in total. The zero-order chi connectivity index (χ0) is 37.5. The molecule has 0 bridgehead atoms. The van der Waals surface area contributed by atoms with Crippen LogP contribution in [-0.2, 0) is 0 Å². The standard InChI is InChI=1S/C50H29N5O2/c1-3-11-31(12-4-1)47-52-48(32-21-24-35(25-22-32)55-39-17-9-7-15-36(39)37-16-8-10-18-40(37)55)54-49(53-47)34-20-19-30-23-26-41-44(38(30)29-34)45-42(56-41)27-28-43-46(45)51-50(57-43)33-13-5-2-6-14-33/h1-29H. The van der Waals surface area contributed by atoms with Crippen LogP contribution in [0.5, 0.6) is 0 Å². The predicted octanol–water partition coefficient (Wildman–Crippen LogP) is 12.8. The number of hydrogen-bond donors (Lipinski definition) is 0. The van der Waals surface area contributed by atoms with Crippen molar-refractivity contribution in [3.05, 3.63) is 176 Å². The van der Waals surface area contributed by atoms with Gasteiger partial charge in [-0.05, 0) is 83.6 Å². The second-order valence-electron chi connectivity index (χ2n) is 14.2. The van der Waals surface area contributed by atoms with Crippen LogP contribution in [0.3, 0.4) is 0 Å². The summed E-state index contributed by atoms with van der Waals surface area (Å²) in [5.41, 5.74) is 9.98. The third-order valence-corrected chi connectivity index (χ3v) is 10.9. The lowest BCUT2D eigenvalue weighted by Gasteiger charge is -2.11. The molecule has 57 heavy (non-hydrogen) atoms. The first-order chi connectivity index (χ1) is 28.2. The summed E-state index contributed by atoms with van der Waals surface area (Å²) in [6.45, 7) is 0. The van der Waals surface area contributed by atoms with E-state index in [1.807, 2.05) is 78.9 Å². The molecule has 0 aliphatic heterocycles. The molecule has 0 amide bonds. The lowest BCUT2D eigenvalue weighted by atomic mass is 10.0. The van der Waals surface area contributed by atoms with Gasteiger partial charge in [0.1, 0.15) is 16.7 Å². The van der Waals surface area contributed by atoms with Crippen molar-refractivity contribution in [3.63, 3.8) is 0 Å². The quantitative estimate of drug-likeness (QED) is 0.175. The molecular weight excluding hydrogens is 703 g/mol. The van der Waals surface area contributed by atoms with Gasteiger partial charge in [0.15, 0.2) is 23.1 Å². The summed E-state index contributed by atoms with van der Waals surface area (Å²) in [5, 5.41) is 6.42. The second-order valence-corrected chi connectivity index (χ2v) is 14.2. The van der Waals surface area contributed by atoms with Gasteiger partial charge in [-0.3, -0.25) is 0 Å². The highest BCUT2D eigenvalue weighted by molar-refractivity contribution is 6.25. The van der Waals surface area contributed by atoms with E-state index in [0.717, 1.165) is 77.2 Å². The van der Waals surface area contributed by atoms with Crippen LogP contribution in [0.4, 0.5) is 0 Å². The predicted molar refractivity (Wildman–Crippen MR) is 228 cm³/mol. The molecule has 0 spiro atoms. The first-order valence-corrected chi connectivity index (χ1v) is 18.9. The smallest absolute Gasteiger partial charge is 0.227 e. The molecule has 266 valence electrons. The monoisotopic (exact) mass is 731 g/mol. The molecule has 12 rings (SSSR count). The van der Waals surface area contributed by atoms with Crippen molar-refractivity contribution in [3.8, 4) is 51.3 Å². The number of benzene rings is 8. The molecule has 0 aliphatic carbocycles. The van der Waals surface area contributed by atoms with Gasteiger partial charge in [-0.25, -0.2) is 19.9 Å². The lowest BCUT2D eigenvalue weighted by Crippen LogP contribution is -2.00. The summed E-state index contributed by atoms with van der Waals surface area (Å²) in [6, 6.07) is 60.0.